The summed E-state index contributed by atoms with van der Waals surface area (Å²) in [5.41, 5.74) is -0.458. The molecule has 0 radical (unpaired) electrons. The summed E-state index contributed by atoms with van der Waals surface area (Å²) in [6, 6.07) is 1.79. The average Bonchev–Trinajstić information content (AvgIpc) is 3.64. The number of fused-ring (bicyclic) bond motifs is 6. The molecule has 0 amide bonds. The van der Waals surface area contributed by atoms with Crippen molar-refractivity contribution in [3.63, 3.8) is 0 Å². The van der Waals surface area contributed by atoms with Gasteiger partial charge in [0.15, 0.2) is 42.1 Å². The van der Waals surface area contributed by atoms with Gasteiger partial charge in [0.1, 0.15) is 42.7 Å². The maximum atomic E-state index is 13.2. The van der Waals surface area contributed by atoms with Crippen molar-refractivity contribution in [2.24, 2.45) is 0 Å². The zero-order chi connectivity index (χ0) is 41.4. The molecule has 310 valence electrons. The Balaban J connectivity index is 1.31. The van der Waals surface area contributed by atoms with Crippen molar-refractivity contribution in [3.8, 4) is 17.2 Å². The molecule has 3 fully saturated rings. The van der Waals surface area contributed by atoms with Crippen LogP contribution in [0.1, 0.15) is 73.7 Å². The van der Waals surface area contributed by atoms with Crippen molar-refractivity contribution in [2.45, 2.75) is 114 Å². The van der Waals surface area contributed by atoms with Crippen LogP contribution in [0.15, 0.2) is 6.07 Å². The molecule has 2 aromatic carbocycles. The summed E-state index contributed by atoms with van der Waals surface area (Å²) in [6.07, 6.45) is -8.33. The van der Waals surface area contributed by atoms with E-state index in [0.29, 0.717) is 40.7 Å². The normalized spacial score (nSPS) is 33.5. The zero-order valence-electron chi connectivity index (χ0n) is 32.2. The monoisotopic (exact) mass is 866 g/mol. The summed E-state index contributed by atoms with van der Waals surface area (Å²) in [7, 11) is 2.79. The van der Waals surface area contributed by atoms with Gasteiger partial charge in [-0.1, -0.05) is 15.9 Å². The molecule has 3 saturated heterocycles. The average molecular weight is 868 g/mol. The van der Waals surface area contributed by atoms with Crippen molar-refractivity contribution in [3.05, 3.63) is 28.3 Å². The summed E-state index contributed by atoms with van der Waals surface area (Å²) < 4.78 is 65.9. The molecule has 2 bridgehead atoms. The van der Waals surface area contributed by atoms with E-state index >= 15 is 0 Å². The number of carbonyl (C=O) groups excluding carboxylic acids is 5. The fourth-order valence-corrected chi connectivity index (χ4v) is 9.62. The number of benzene rings is 2. The number of aliphatic hydroxyl groups is 1. The highest BCUT2D eigenvalue weighted by atomic mass is 79.9. The molecule has 4 aliphatic heterocycles. The Kier molecular flexibility index (Phi) is 10.8. The quantitative estimate of drug-likeness (QED) is 0.188. The van der Waals surface area contributed by atoms with E-state index in [9.17, 15) is 34.2 Å². The molecule has 57 heavy (non-hydrogen) atoms. The molecule has 8 unspecified atom stereocenters. The molecule has 18 nitrogen and oxygen atoms in total. The fourth-order valence-electron chi connectivity index (χ4n) is 8.81. The summed E-state index contributed by atoms with van der Waals surface area (Å²) in [4.78, 5) is 62.1. The Morgan fingerprint density at radius 3 is 2.23 bits per heavy atom. The van der Waals surface area contributed by atoms with Crippen LogP contribution < -0.4 is 9.47 Å². The van der Waals surface area contributed by atoms with E-state index in [1.54, 1.807) is 13.0 Å². The van der Waals surface area contributed by atoms with E-state index in [1.165, 1.54) is 14.2 Å². The van der Waals surface area contributed by atoms with Gasteiger partial charge in [0.05, 0.1) is 18.1 Å². The number of hydrogen-bond donors (Lipinski definition) is 2. The molecular weight excluding hydrogens is 824 g/mol. The number of ketones is 1. The second kappa shape index (κ2) is 14.9. The molecule has 7 rings (SSSR count). The Morgan fingerprint density at radius 1 is 0.947 bits per heavy atom. The molecule has 5 aliphatic rings. The van der Waals surface area contributed by atoms with Crippen molar-refractivity contribution < 1.29 is 86.3 Å². The van der Waals surface area contributed by atoms with Crippen LogP contribution >= 0.6 is 15.9 Å². The Hall–Kier alpha value is -4.11. The minimum absolute atomic E-state index is 0.0871. The van der Waals surface area contributed by atoms with Gasteiger partial charge in [-0.05, 0) is 31.4 Å². The van der Waals surface area contributed by atoms with E-state index < -0.39 is 97.2 Å². The van der Waals surface area contributed by atoms with E-state index in [-0.39, 0.29) is 40.0 Å². The van der Waals surface area contributed by atoms with E-state index in [1.807, 2.05) is 0 Å². The van der Waals surface area contributed by atoms with Crippen LogP contribution in [-0.2, 0) is 68.2 Å². The number of hydrogen-bond acceptors (Lipinski definition) is 18. The molecule has 0 spiro atoms. The molecule has 2 aromatic rings. The van der Waals surface area contributed by atoms with Gasteiger partial charge in [-0.25, -0.2) is 0 Å². The van der Waals surface area contributed by atoms with Crippen LogP contribution in [-0.4, -0.2) is 127 Å². The number of aromatic hydroxyl groups is 1. The highest BCUT2D eigenvalue weighted by Crippen LogP contribution is 2.67. The maximum Gasteiger partial charge on any atom is 0.303 e. The van der Waals surface area contributed by atoms with Crippen LogP contribution in [0.3, 0.4) is 0 Å². The van der Waals surface area contributed by atoms with E-state index in [2.05, 4.69) is 15.9 Å². The minimum Gasteiger partial charge on any atom is -0.506 e. The topological polar surface area (TPSA) is 227 Å². The molecule has 2 N–H and O–H groups in total. The molecular formula is C38H43BrO18. The summed E-state index contributed by atoms with van der Waals surface area (Å²) in [5, 5.41) is 24.9. The van der Waals surface area contributed by atoms with Gasteiger partial charge in [-0.2, -0.15) is 0 Å². The van der Waals surface area contributed by atoms with Crippen LogP contribution in [0.5, 0.6) is 17.2 Å². The van der Waals surface area contributed by atoms with Crippen LogP contribution in [0.4, 0.5) is 0 Å². The number of rotatable bonds is 11. The molecule has 0 aromatic heterocycles. The Bertz CT molecular complexity index is 2040. The van der Waals surface area contributed by atoms with Gasteiger partial charge in [-0.15, -0.1) is 0 Å². The number of phenolic OH excluding ortho intramolecular Hbond substituents is 1. The number of methoxy groups -OCH3 is 2. The van der Waals surface area contributed by atoms with Crippen LogP contribution in [0.25, 0.3) is 10.8 Å². The maximum absolute atomic E-state index is 13.2. The molecule has 1 aliphatic carbocycles. The van der Waals surface area contributed by atoms with Crippen molar-refractivity contribution in [2.75, 3.05) is 32.8 Å². The van der Waals surface area contributed by atoms with Crippen molar-refractivity contribution >= 4 is 56.4 Å². The first-order chi connectivity index (χ1) is 27.0. The molecule has 0 saturated carbocycles. The summed E-state index contributed by atoms with van der Waals surface area (Å²) in [6.45, 7) is 5.05. The molecule has 10 atom stereocenters. The number of aryl methyl sites for hydroxylation is 1. The van der Waals surface area contributed by atoms with Crippen LogP contribution in [0, 0.1) is 6.92 Å². The first-order valence-corrected chi connectivity index (χ1v) is 19.3. The SMILES string of the molecule is COc1c2c(c(O)c3c4c(c(C)cc13)C1OC3(COC5OC(COC(C)=O)C(OC(C)=O)C(OC(C)=O)C5OC(C)=O)OC1[C@@](OC)(O4)[C@@]3(O)CBr)C(=O)CCC2. The Labute approximate surface area is 334 Å². The van der Waals surface area contributed by atoms with E-state index in [0.717, 1.165) is 27.7 Å². The fraction of sp³-hybridized carbons (Fsp3) is 0.605. The third-order valence-corrected chi connectivity index (χ3v) is 11.9. The minimum atomic E-state index is -2.26. The predicted molar refractivity (Wildman–Crippen MR) is 193 cm³/mol. The lowest BCUT2D eigenvalue weighted by molar-refractivity contribution is -0.369. The largest absolute Gasteiger partial charge is 0.506 e. The highest BCUT2D eigenvalue weighted by molar-refractivity contribution is 9.09. The van der Waals surface area contributed by atoms with E-state index in [4.69, 9.17) is 52.1 Å². The lowest BCUT2D eigenvalue weighted by Gasteiger charge is -2.53. The zero-order valence-corrected chi connectivity index (χ0v) is 33.8. The second-order valence-electron chi connectivity index (χ2n) is 14.5. The van der Waals surface area contributed by atoms with Gasteiger partial charge in [0.25, 0.3) is 5.79 Å². The van der Waals surface area contributed by atoms with Gasteiger partial charge in [0, 0.05) is 63.1 Å². The summed E-state index contributed by atoms with van der Waals surface area (Å²) in [5.74, 6) is -7.41. The summed E-state index contributed by atoms with van der Waals surface area (Å²) >= 11 is 3.40. The number of Topliss-reactive ketones (excluding diaryl/α,β-unsaturated/α-hetero) is 1. The number of phenols is 1. The van der Waals surface area contributed by atoms with Gasteiger partial charge in [-0.3, -0.25) is 24.0 Å². The standard InChI is InChI=1S/C38H43BrO18/c1-15-11-21-26(27(45)25-20(28(21)47-6)9-8-10-22(25)44)30-24(15)31-34-38(48-7,56-30)36(46,13-39)37(55-31,57-34)14-50-35-33(53-19(5)43)32(52-18(4)42)29(51-17(3)41)23(54-35)12-49-16(2)40/h11,23,29,31-35,45-46H,8-10,12-14H2,1-7H3/t23?,29?,31?,32?,33?,34?,35?,36-,37?,38-/m1/s1. The Morgan fingerprint density at radius 2 is 1.61 bits per heavy atom. The molecule has 4 heterocycles. The second-order valence-corrected chi connectivity index (χ2v) is 15.1. The van der Waals surface area contributed by atoms with Gasteiger partial charge in [0.2, 0.25) is 5.79 Å². The lowest BCUT2D eigenvalue weighted by atomic mass is 9.76. The van der Waals surface area contributed by atoms with Crippen molar-refractivity contribution in [1.29, 1.82) is 0 Å². The predicted octanol–water partition coefficient (Wildman–Crippen LogP) is 2.51. The van der Waals surface area contributed by atoms with Crippen molar-refractivity contribution in [1.82, 2.24) is 0 Å². The lowest BCUT2D eigenvalue weighted by Crippen LogP contribution is -2.75. The number of ether oxygens (including phenoxy) is 11. The molecule has 19 heteroatoms. The number of alkyl halides is 1. The number of carbonyl (C=O) groups is 5. The highest BCUT2D eigenvalue weighted by Gasteiger charge is 2.85. The van der Waals surface area contributed by atoms with Gasteiger partial charge < -0.3 is 62.3 Å². The first-order valence-electron chi connectivity index (χ1n) is 18.2. The number of halogens is 1. The smallest absolute Gasteiger partial charge is 0.303 e. The first kappa shape index (κ1) is 41.1. The third kappa shape index (κ3) is 6.24. The third-order valence-electron chi connectivity index (χ3n) is 11.0. The number of esters is 4. The van der Waals surface area contributed by atoms with Gasteiger partial charge >= 0.3 is 23.9 Å². The van der Waals surface area contributed by atoms with Crippen LogP contribution in [0.2, 0.25) is 0 Å².